The van der Waals surface area contributed by atoms with E-state index in [1.54, 1.807) is 0 Å². The highest BCUT2D eigenvalue weighted by atomic mass is 32.2. The molecule has 0 bridgehead atoms. The van der Waals surface area contributed by atoms with Crippen LogP contribution in [-0.4, -0.2) is 38.8 Å². The molecule has 0 saturated heterocycles. The summed E-state index contributed by atoms with van der Waals surface area (Å²) in [5.74, 6) is -0.448. The van der Waals surface area contributed by atoms with Gasteiger partial charge in [-0.25, -0.2) is 13.4 Å². The van der Waals surface area contributed by atoms with Crippen LogP contribution in [0.2, 0.25) is 0 Å². The highest BCUT2D eigenvalue weighted by Crippen LogP contribution is 2.16. The van der Waals surface area contributed by atoms with E-state index < -0.39 is 10.0 Å². The van der Waals surface area contributed by atoms with Gasteiger partial charge in [-0.1, -0.05) is 6.07 Å². The molecule has 1 amide bonds. The number of carbonyl (C=O) groups excluding carboxylic acids is 1. The van der Waals surface area contributed by atoms with Crippen molar-refractivity contribution < 1.29 is 17.9 Å². The standard InChI is InChI=1S/C17H21N3O4S/c1-12-4-5-15(10-13(12)2)19-17(21)14-6-7-18-16(11-14)20-25(22,23)9-8-24-3/h4-7,10-11H,8-9H2,1-3H3,(H,18,20)(H,19,21). The maximum atomic E-state index is 12.4. The van der Waals surface area contributed by atoms with Crippen LogP contribution in [0.5, 0.6) is 0 Å². The number of ether oxygens (including phenoxy) is 1. The number of carbonyl (C=O) groups is 1. The molecule has 1 aromatic heterocycles. The zero-order valence-electron chi connectivity index (χ0n) is 14.4. The van der Waals surface area contributed by atoms with E-state index in [0.717, 1.165) is 11.1 Å². The number of aromatic nitrogens is 1. The van der Waals surface area contributed by atoms with Gasteiger partial charge in [-0.05, 0) is 49.2 Å². The third kappa shape index (κ3) is 5.54. The van der Waals surface area contributed by atoms with Gasteiger partial charge in [0, 0.05) is 24.6 Å². The summed E-state index contributed by atoms with van der Waals surface area (Å²) in [5, 5.41) is 2.79. The van der Waals surface area contributed by atoms with E-state index in [4.69, 9.17) is 4.74 Å². The largest absolute Gasteiger partial charge is 0.384 e. The van der Waals surface area contributed by atoms with E-state index >= 15 is 0 Å². The second-order valence-corrected chi connectivity index (χ2v) is 7.44. The van der Waals surface area contributed by atoms with E-state index in [9.17, 15) is 13.2 Å². The number of sulfonamides is 1. The summed E-state index contributed by atoms with van der Waals surface area (Å²) in [5.41, 5.74) is 3.18. The Balaban J connectivity index is 2.12. The smallest absolute Gasteiger partial charge is 0.255 e. The zero-order valence-corrected chi connectivity index (χ0v) is 15.2. The fraction of sp³-hybridized carbons (Fsp3) is 0.294. The van der Waals surface area contributed by atoms with E-state index in [-0.39, 0.29) is 24.1 Å². The highest BCUT2D eigenvalue weighted by Gasteiger charge is 2.13. The molecular weight excluding hydrogens is 342 g/mol. The van der Waals surface area contributed by atoms with Gasteiger partial charge in [-0.15, -0.1) is 0 Å². The molecule has 0 aliphatic carbocycles. The molecule has 1 heterocycles. The average molecular weight is 363 g/mol. The van der Waals surface area contributed by atoms with E-state index in [1.165, 1.54) is 25.4 Å². The maximum Gasteiger partial charge on any atom is 0.255 e. The molecular formula is C17H21N3O4S. The first kappa shape index (κ1) is 18.9. The van der Waals surface area contributed by atoms with Crippen LogP contribution >= 0.6 is 0 Å². The SMILES string of the molecule is COCCS(=O)(=O)Nc1cc(C(=O)Nc2ccc(C)c(C)c2)ccn1. The molecule has 8 heteroatoms. The minimum absolute atomic E-state index is 0.0717. The van der Waals surface area contributed by atoms with Crippen LogP contribution in [0, 0.1) is 13.8 Å². The predicted molar refractivity (Wildman–Crippen MR) is 97.4 cm³/mol. The fourth-order valence-electron chi connectivity index (χ4n) is 2.05. The predicted octanol–water partition coefficient (Wildman–Crippen LogP) is 2.34. The Hall–Kier alpha value is -2.45. The quantitative estimate of drug-likeness (QED) is 0.787. The summed E-state index contributed by atoms with van der Waals surface area (Å²) in [4.78, 5) is 16.3. The first-order chi connectivity index (χ1) is 11.8. The molecule has 0 aliphatic heterocycles. The number of anilines is 2. The molecule has 2 N–H and O–H groups in total. The third-order valence-corrected chi connectivity index (χ3v) is 4.83. The monoisotopic (exact) mass is 363 g/mol. The lowest BCUT2D eigenvalue weighted by atomic mass is 10.1. The third-order valence-electron chi connectivity index (χ3n) is 3.60. The second kappa shape index (κ2) is 8.09. The van der Waals surface area contributed by atoms with Gasteiger partial charge in [0.1, 0.15) is 5.82 Å². The average Bonchev–Trinajstić information content (AvgIpc) is 2.56. The van der Waals surface area contributed by atoms with E-state index in [2.05, 4.69) is 15.0 Å². The number of methoxy groups -OCH3 is 1. The van der Waals surface area contributed by atoms with Crippen molar-refractivity contribution in [3.05, 3.63) is 53.2 Å². The molecule has 0 unspecified atom stereocenters. The van der Waals surface area contributed by atoms with Crippen molar-refractivity contribution in [1.82, 2.24) is 4.98 Å². The van der Waals surface area contributed by atoms with Crippen molar-refractivity contribution in [3.63, 3.8) is 0 Å². The van der Waals surface area contributed by atoms with Crippen LogP contribution in [0.1, 0.15) is 21.5 Å². The Morgan fingerprint density at radius 2 is 1.92 bits per heavy atom. The second-order valence-electron chi connectivity index (χ2n) is 5.60. The number of rotatable bonds is 7. The van der Waals surface area contributed by atoms with Crippen LogP contribution in [0.4, 0.5) is 11.5 Å². The minimum atomic E-state index is -3.58. The van der Waals surface area contributed by atoms with Gasteiger partial charge in [0.15, 0.2) is 0 Å². The van der Waals surface area contributed by atoms with E-state index in [0.29, 0.717) is 11.3 Å². The van der Waals surface area contributed by atoms with Gasteiger partial charge in [-0.2, -0.15) is 0 Å². The van der Waals surface area contributed by atoms with Crippen LogP contribution in [0.3, 0.4) is 0 Å². The number of aryl methyl sites for hydroxylation is 2. The summed E-state index contributed by atoms with van der Waals surface area (Å²) in [6, 6.07) is 8.52. The Bertz CT molecular complexity index is 866. The van der Waals surface area contributed by atoms with Crippen molar-refractivity contribution in [2.24, 2.45) is 0 Å². The van der Waals surface area contributed by atoms with E-state index in [1.807, 2.05) is 32.0 Å². The first-order valence-corrected chi connectivity index (χ1v) is 9.30. The highest BCUT2D eigenvalue weighted by molar-refractivity contribution is 7.92. The Kier molecular flexibility index (Phi) is 6.11. The van der Waals surface area contributed by atoms with Crippen LogP contribution < -0.4 is 10.0 Å². The summed E-state index contributed by atoms with van der Waals surface area (Å²) < 4.78 is 30.8. The molecule has 1 aromatic carbocycles. The maximum absolute atomic E-state index is 12.4. The minimum Gasteiger partial charge on any atom is -0.384 e. The summed E-state index contributed by atoms with van der Waals surface area (Å²) >= 11 is 0. The molecule has 0 aliphatic rings. The molecule has 0 spiro atoms. The van der Waals surface area contributed by atoms with Gasteiger partial charge in [0.05, 0.1) is 12.4 Å². The number of nitrogens with zero attached hydrogens (tertiary/aromatic N) is 1. The Labute approximate surface area is 147 Å². The lowest BCUT2D eigenvalue weighted by molar-refractivity contribution is 0.102. The van der Waals surface area contributed by atoms with Crippen molar-refractivity contribution in [3.8, 4) is 0 Å². The number of hydrogen-bond acceptors (Lipinski definition) is 5. The van der Waals surface area contributed by atoms with Crippen molar-refractivity contribution >= 4 is 27.4 Å². The normalized spacial score (nSPS) is 11.2. The topological polar surface area (TPSA) is 97.4 Å². The summed E-state index contributed by atoms with van der Waals surface area (Å²) in [6.45, 7) is 4.03. The molecule has 25 heavy (non-hydrogen) atoms. The molecule has 0 fully saturated rings. The number of amides is 1. The van der Waals surface area contributed by atoms with Crippen molar-refractivity contribution in [2.45, 2.75) is 13.8 Å². The fourth-order valence-corrected chi connectivity index (χ4v) is 2.97. The van der Waals surface area contributed by atoms with Gasteiger partial charge in [0.2, 0.25) is 10.0 Å². The van der Waals surface area contributed by atoms with Gasteiger partial charge < -0.3 is 10.1 Å². The summed E-state index contributed by atoms with van der Waals surface area (Å²) in [7, 11) is -2.16. The molecule has 7 nitrogen and oxygen atoms in total. The van der Waals surface area contributed by atoms with Gasteiger partial charge in [0.25, 0.3) is 5.91 Å². The van der Waals surface area contributed by atoms with Gasteiger partial charge >= 0.3 is 0 Å². The molecule has 0 radical (unpaired) electrons. The summed E-state index contributed by atoms with van der Waals surface area (Å²) in [6.07, 6.45) is 1.38. The first-order valence-electron chi connectivity index (χ1n) is 7.65. The Morgan fingerprint density at radius 3 is 2.60 bits per heavy atom. The van der Waals surface area contributed by atoms with Crippen LogP contribution in [-0.2, 0) is 14.8 Å². The molecule has 134 valence electrons. The molecule has 2 aromatic rings. The van der Waals surface area contributed by atoms with Crippen molar-refractivity contribution in [1.29, 1.82) is 0 Å². The molecule has 2 rings (SSSR count). The lowest BCUT2D eigenvalue weighted by Gasteiger charge is -2.10. The van der Waals surface area contributed by atoms with Gasteiger partial charge in [-0.3, -0.25) is 9.52 Å². The number of nitrogens with one attached hydrogen (secondary N) is 2. The van der Waals surface area contributed by atoms with Crippen LogP contribution in [0.25, 0.3) is 0 Å². The number of pyridine rings is 1. The van der Waals surface area contributed by atoms with Crippen LogP contribution in [0.15, 0.2) is 36.5 Å². The number of benzene rings is 1. The number of hydrogen-bond donors (Lipinski definition) is 2. The molecule has 0 atom stereocenters. The lowest BCUT2D eigenvalue weighted by Crippen LogP contribution is -2.21. The van der Waals surface area contributed by atoms with Crippen molar-refractivity contribution in [2.75, 3.05) is 29.5 Å². The zero-order chi connectivity index (χ0) is 18.4. The Morgan fingerprint density at radius 1 is 1.16 bits per heavy atom. The molecule has 0 saturated carbocycles.